The van der Waals surface area contributed by atoms with E-state index < -0.39 is 10.0 Å². The number of rotatable bonds is 5. The fourth-order valence-electron chi connectivity index (χ4n) is 3.21. The highest BCUT2D eigenvalue weighted by Gasteiger charge is 2.31. The van der Waals surface area contributed by atoms with Crippen molar-refractivity contribution in [2.24, 2.45) is 5.92 Å². The summed E-state index contributed by atoms with van der Waals surface area (Å²) in [6.45, 7) is 7.24. The van der Waals surface area contributed by atoms with E-state index in [-0.39, 0.29) is 23.9 Å². The number of nitriles is 1. The Kier molecular flexibility index (Phi) is 6.36. The molecule has 1 saturated heterocycles. The third-order valence-electron chi connectivity index (χ3n) is 4.77. The molecule has 9 heteroatoms. The fraction of sp³-hybridized carbons (Fsp3) is 0.450. The molecule has 0 atom stereocenters. The van der Waals surface area contributed by atoms with E-state index in [1.165, 1.54) is 39.9 Å². The molecule has 1 amide bonds. The molecule has 0 unspecified atom stereocenters. The SMILES string of the molecule is Cc1nc(CC(C)C)sc1C(=O)N1CCN(S(=O)(=O)c2ccc(C#N)cc2)CC1. The first kappa shape index (κ1) is 21.4. The first-order valence-electron chi connectivity index (χ1n) is 9.48. The van der Waals surface area contributed by atoms with E-state index in [4.69, 9.17) is 5.26 Å². The molecule has 3 rings (SSSR count). The van der Waals surface area contributed by atoms with Gasteiger partial charge in [0.2, 0.25) is 10.0 Å². The Morgan fingerprint density at radius 1 is 1.21 bits per heavy atom. The van der Waals surface area contributed by atoms with Crippen LogP contribution in [0, 0.1) is 24.2 Å². The molecule has 2 aromatic rings. The molecule has 2 heterocycles. The second-order valence-corrected chi connectivity index (χ2v) is 10.5. The van der Waals surface area contributed by atoms with Crippen LogP contribution in [-0.4, -0.2) is 54.7 Å². The smallest absolute Gasteiger partial charge is 0.265 e. The highest BCUT2D eigenvalue weighted by Crippen LogP contribution is 2.24. The molecule has 0 aliphatic carbocycles. The summed E-state index contributed by atoms with van der Waals surface area (Å²) < 4.78 is 27.0. The van der Waals surface area contributed by atoms with Gasteiger partial charge >= 0.3 is 0 Å². The molecule has 7 nitrogen and oxygen atoms in total. The zero-order valence-electron chi connectivity index (χ0n) is 16.8. The lowest BCUT2D eigenvalue weighted by molar-refractivity contribution is 0.0702. The zero-order chi connectivity index (χ0) is 21.2. The van der Waals surface area contributed by atoms with Crippen LogP contribution in [-0.2, 0) is 16.4 Å². The van der Waals surface area contributed by atoms with Crippen molar-refractivity contribution in [2.45, 2.75) is 32.1 Å². The van der Waals surface area contributed by atoms with Gasteiger partial charge in [-0.25, -0.2) is 13.4 Å². The van der Waals surface area contributed by atoms with Crippen LogP contribution in [0.15, 0.2) is 29.2 Å². The molecule has 0 spiro atoms. The minimum atomic E-state index is -3.64. The van der Waals surface area contributed by atoms with E-state index in [9.17, 15) is 13.2 Å². The number of amides is 1. The average Bonchev–Trinajstić information content (AvgIpc) is 3.06. The van der Waals surface area contributed by atoms with E-state index >= 15 is 0 Å². The lowest BCUT2D eigenvalue weighted by Crippen LogP contribution is -2.50. The van der Waals surface area contributed by atoms with Gasteiger partial charge in [0, 0.05) is 32.6 Å². The molecular formula is C20H24N4O3S2. The predicted molar refractivity (Wildman–Crippen MR) is 111 cm³/mol. The highest BCUT2D eigenvalue weighted by molar-refractivity contribution is 7.89. The van der Waals surface area contributed by atoms with Crippen molar-refractivity contribution in [3.8, 4) is 6.07 Å². The Morgan fingerprint density at radius 3 is 2.38 bits per heavy atom. The van der Waals surface area contributed by atoms with Crippen molar-refractivity contribution in [1.29, 1.82) is 5.26 Å². The minimum absolute atomic E-state index is 0.0783. The van der Waals surface area contributed by atoms with Crippen LogP contribution < -0.4 is 0 Å². The summed E-state index contributed by atoms with van der Waals surface area (Å²) in [5.74, 6) is 0.393. The molecule has 0 N–H and O–H groups in total. The third kappa shape index (κ3) is 4.66. The maximum atomic E-state index is 12.9. The number of hydrogen-bond donors (Lipinski definition) is 0. The van der Waals surface area contributed by atoms with E-state index in [1.54, 1.807) is 4.90 Å². The van der Waals surface area contributed by atoms with Crippen molar-refractivity contribution >= 4 is 27.3 Å². The second kappa shape index (κ2) is 8.61. The summed E-state index contributed by atoms with van der Waals surface area (Å²) in [5, 5.41) is 9.83. The molecule has 1 fully saturated rings. The number of carbonyl (C=O) groups excluding carboxylic acids is 1. The lowest BCUT2D eigenvalue weighted by Gasteiger charge is -2.33. The number of piperazine rings is 1. The minimum Gasteiger partial charge on any atom is -0.335 e. The highest BCUT2D eigenvalue weighted by atomic mass is 32.2. The van der Waals surface area contributed by atoms with Crippen molar-refractivity contribution in [3.05, 3.63) is 45.4 Å². The monoisotopic (exact) mass is 432 g/mol. The normalized spacial score (nSPS) is 15.5. The van der Waals surface area contributed by atoms with Crippen molar-refractivity contribution < 1.29 is 13.2 Å². The molecule has 0 radical (unpaired) electrons. The van der Waals surface area contributed by atoms with Gasteiger partial charge < -0.3 is 4.90 Å². The Balaban J connectivity index is 1.67. The van der Waals surface area contributed by atoms with E-state index in [2.05, 4.69) is 18.8 Å². The number of carbonyl (C=O) groups is 1. The Bertz CT molecular complexity index is 1030. The Labute approximate surface area is 175 Å². The number of nitrogens with zero attached hydrogens (tertiary/aromatic N) is 4. The lowest BCUT2D eigenvalue weighted by atomic mass is 10.1. The molecule has 1 aliphatic heterocycles. The van der Waals surface area contributed by atoms with Crippen LogP contribution in [0.4, 0.5) is 0 Å². The van der Waals surface area contributed by atoms with Crippen LogP contribution >= 0.6 is 11.3 Å². The molecular weight excluding hydrogens is 408 g/mol. The van der Waals surface area contributed by atoms with Crippen LogP contribution in [0.1, 0.15) is 39.8 Å². The summed E-state index contributed by atoms with van der Waals surface area (Å²) in [5.41, 5.74) is 1.15. The van der Waals surface area contributed by atoms with Gasteiger partial charge in [-0.05, 0) is 37.1 Å². The zero-order valence-corrected chi connectivity index (χ0v) is 18.4. The second-order valence-electron chi connectivity index (χ2n) is 7.45. The first-order chi connectivity index (χ1) is 13.7. The van der Waals surface area contributed by atoms with E-state index in [0.29, 0.717) is 29.4 Å². The quantitative estimate of drug-likeness (QED) is 0.724. The van der Waals surface area contributed by atoms with Crippen LogP contribution in [0.3, 0.4) is 0 Å². The number of hydrogen-bond acceptors (Lipinski definition) is 6. The maximum absolute atomic E-state index is 12.9. The molecule has 29 heavy (non-hydrogen) atoms. The van der Waals surface area contributed by atoms with Gasteiger partial charge in [0.1, 0.15) is 4.88 Å². The summed E-state index contributed by atoms with van der Waals surface area (Å²) >= 11 is 1.44. The number of benzene rings is 1. The van der Waals surface area contributed by atoms with Gasteiger partial charge in [0.15, 0.2) is 0 Å². The third-order valence-corrected chi connectivity index (χ3v) is 7.85. The summed E-state index contributed by atoms with van der Waals surface area (Å²) in [7, 11) is -3.64. The number of aromatic nitrogens is 1. The van der Waals surface area contributed by atoms with Gasteiger partial charge in [-0.15, -0.1) is 11.3 Å². The maximum Gasteiger partial charge on any atom is 0.265 e. The molecule has 0 bridgehead atoms. The average molecular weight is 433 g/mol. The molecule has 1 aromatic heterocycles. The molecule has 0 saturated carbocycles. The summed E-state index contributed by atoms with van der Waals surface area (Å²) in [4.78, 5) is 19.9. The van der Waals surface area contributed by atoms with E-state index in [1.807, 2.05) is 13.0 Å². The first-order valence-corrected chi connectivity index (χ1v) is 11.7. The fourth-order valence-corrected chi connectivity index (χ4v) is 5.88. The van der Waals surface area contributed by atoms with Gasteiger partial charge in [-0.1, -0.05) is 13.8 Å². The molecule has 1 aromatic carbocycles. The van der Waals surface area contributed by atoms with Crippen molar-refractivity contribution in [3.63, 3.8) is 0 Å². The molecule has 1 aliphatic rings. The van der Waals surface area contributed by atoms with Crippen LogP contribution in [0.2, 0.25) is 0 Å². The predicted octanol–water partition coefficient (Wildman–Crippen LogP) is 2.67. The van der Waals surface area contributed by atoms with Gasteiger partial charge in [0.25, 0.3) is 5.91 Å². The summed E-state index contributed by atoms with van der Waals surface area (Å²) in [6.07, 6.45) is 0.843. The number of thiazole rings is 1. The number of sulfonamides is 1. The Hall–Kier alpha value is -2.28. The summed E-state index contributed by atoms with van der Waals surface area (Å²) in [6, 6.07) is 7.86. The van der Waals surface area contributed by atoms with Gasteiger partial charge in [0.05, 0.1) is 27.2 Å². The largest absolute Gasteiger partial charge is 0.335 e. The molecule has 154 valence electrons. The van der Waals surface area contributed by atoms with Crippen LogP contribution in [0.25, 0.3) is 0 Å². The van der Waals surface area contributed by atoms with Gasteiger partial charge in [-0.3, -0.25) is 4.79 Å². The topological polar surface area (TPSA) is 94.4 Å². The Morgan fingerprint density at radius 2 is 1.83 bits per heavy atom. The van der Waals surface area contributed by atoms with Gasteiger partial charge in [-0.2, -0.15) is 9.57 Å². The standard InChI is InChI=1S/C20H24N4O3S2/c1-14(2)12-18-22-15(3)19(28-18)20(25)23-8-10-24(11-9-23)29(26,27)17-6-4-16(13-21)5-7-17/h4-7,14H,8-12H2,1-3H3. The van der Waals surface area contributed by atoms with Crippen molar-refractivity contribution in [2.75, 3.05) is 26.2 Å². The van der Waals surface area contributed by atoms with Crippen LogP contribution in [0.5, 0.6) is 0 Å². The van der Waals surface area contributed by atoms with E-state index in [0.717, 1.165) is 17.1 Å². The number of aryl methyl sites for hydroxylation is 1. The van der Waals surface area contributed by atoms with Crippen molar-refractivity contribution in [1.82, 2.24) is 14.2 Å².